The van der Waals surface area contributed by atoms with Crippen molar-refractivity contribution in [2.75, 3.05) is 6.54 Å². The second kappa shape index (κ2) is 6.24. The van der Waals surface area contributed by atoms with Crippen molar-refractivity contribution in [3.8, 4) is 5.75 Å². The molecule has 1 fully saturated rings. The van der Waals surface area contributed by atoms with Gasteiger partial charge in [0.05, 0.1) is 0 Å². The Bertz CT molecular complexity index is 375. The minimum atomic E-state index is 0.309. The van der Waals surface area contributed by atoms with Crippen LogP contribution in [0, 0.1) is 5.92 Å². The molecule has 100 valence electrons. The van der Waals surface area contributed by atoms with E-state index in [0.29, 0.717) is 17.9 Å². The van der Waals surface area contributed by atoms with Crippen LogP contribution in [0.1, 0.15) is 51.0 Å². The molecule has 2 rings (SSSR count). The number of rotatable bonds is 4. The van der Waals surface area contributed by atoms with Gasteiger partial charge in [-0.25, -0.2) is 0 Å². The van der Waals surface area contributed by atoms with Gasteiger partial charge in [-0.3, -0.25) is 0 Å². The van der Waals surface area contributed by atoms with E-state index in [1.165, 1.54) is 24.8 Å². The number of ether oxygens (including phenoxy) is 1. The monoisotopic (exact) mass is 247 g/mol. The van der Waals surface area contributed by atoms with Crippen molar-refractivity contribution >= 4 is 0 Å². The molecule has 2 N–H and O–H groups in total. The zero-order valence-electron chi connectivity index (χ0n) is 11.6. The predicted octanol–water partition coefficient (Wildman–Crippen LogP) is 3.71. The molecule has 0 saturated heterocycles. The van der Waals surface area contributed by atoms with Crippen LogP contribution < -0.4 is 10.5 Å². The molecule has 0 heterocycles. The van der Waals surface area contributed by atoms with Crippen molar-refractivity contribution in [1.82, 2.24) is 0 Å². The van der Waals surface area contributed by atoms with Gasteiger partial charge in [-0.1, -0.05) is 38.5 Å². The van der Waals surface area contributed by atoms with E-state index in [9.17, 15) is 0 Å². The van der Waals surface area contributed by atoms with E-state index in [4.69, 9.17) is 10.5 Å². The van der Waals surface area contributed by atoms with Crippen LogP contribution in [0.25, 0.3) is 0 Å². The van der Waals surface area contributed by atoms with E-state index in [1.807, 2.05) is 0 Å². The van der Waals surface area contributed by atoms with Gasteiger partial charge in [0.2, 0.25) is 0 Å². The lowest BCUT2D eigenvalue weighted by molar-refractivity contribution is 0.0957. The highest BCUT2D eigenvalue weighted by Crippen LogP contribution is 2.32. The van der Waals surface area contributed by atoms with Crippen LogP contribution in [0.5, 0.6) is 5.75 Å². The zero-order valence-corrected chi connectivity index (χ0v) is 11.6. The van der Waals surface area contributed by atoms with Gasteiger partial charge in [-0.15, -0.1) is 0 Å². The molecule has 2 heteroatoms. The normalized spacial score (nSPS) is 24.2. The Hall–Kier alpha value is -1.02. The lowest BCUT2D eigenvalue weighted by Gasteiger charge is -2.32. The molecule has 0 amide bonds. The molecule has 1 saturated carbocycles. The van der Waals surface area contributed by atoms with Gasteiger partial charge in [0, 0.05) is 5.92 Å². The van der Waals surface area contributed by atoms with Gasteiger partial charge in [-0.2, -0.15) is 0 Å². The summed E-state index contributed by atoms with van der Waals surface area (Å²) in [5, 5.41) is 0. The van der Waals surface area contributed by atoms with E-state index in [0.717, 1.165) is 18.7 Å². The topological polar surface area (TPSA) is 35.2 Å². The molecule has 2 atom stereocenters. The summed E-state index contributed by atoms with van der Waals surface area (Å²) in [6.45, 7) is 5.17. The quantitative estimate of drug-likeness (QED) is 0.880. The minimum Gasteiger partial charge on any atom is -0.490 e. The summed E-state index contributed by atoms with van der Waals surface area (Å²) in [6, 6.07) is 8.41. The maximum Gasteiger partial charge on any atom is 0.123 e. The standard InChI is InChI=1S/C16H25NO/c1-12(2)14-8-4-6-10-16(14)18-15-9-5-3-7-13(15)11-17/h4,6,8,10,12-13,15H,3,5,7,9,11,17H2,1-2H3. The van der Waals surface area contributed by atoms with Crippen LogP contribution in [-0.2, 0) is 0 Å². The highest BCUT2D eigenvalue weighted by atomic mass is 16.5. The number of para-hydroxylation sites is 1. The van der Waals surface area contributed by atoms with E-state index in [-0.39, 0.29) is 0 Å². The van der Waals surface area contributed by atoms with Gasteiger partial charge in [0.1, 0.15) is 11.9 Å². The second-order valence-electron chi connectivity index (χ2n) is 5.63. The van der Waals surface area contributed by atoms with Crippen molar-refractivity contribution in [2.24, 2.45) is 11.7 Å². The first-order valence-corrected chi connectivity index (χ1v) is 7.18. The Kier molecular flexibility index (Phi) is 4.65. The minimum absolute atomic E-state index is 0.309. The first kappa shape index (κ1) is 13.4. The Balaban J connectivity index is 2.12. The van der Waals surface area contributed by atoms with E-state index >= 15 is 0 Å². The van der Waals surface area contributed by atoms with Gasteiger partial charge < -0.3 is 10.5 Å². The molecular weight excluding hydrogens is 222 g/mol. The number of benzene rings is 1. The Morgan fingerprint density at radius 1 is 1.22 bits per heavy atom. The summed E-state index contributed by atoms with van der Waals surface area (Å²) in [4.78, 5) is 0. The van der Waals surface area contributed by atoms with Crippen molar-refractivity contribution in [3.63, 3.8) is 0 Å². The van der Waals surface area contributed by atoms with Gasteiger partial charge in [0.15, 0.2) is 0 Å². The van der Waals surface area contributed by atoms with Crippen molar-refractivity contribution in [2.45, 2.75) is 51.6 Å². The molecule has 1 aliphatic carbocycles. The summed E-state index contributed by atoms with van der Waals surface area (Å²) in [6.07, 6.45) is 5.24. The fourth-order valence-electron chi connectivity index (χ4n) is 2.83. The molecule has 0 radical (unpaired) electrons. The molecule has 2 nitrogen and oxygen atoms in total. The first-order valence-electron chi connectivity index (χ1n) is 7.18. The third kappa shape index (κ3) is 3.05. The Morgan fingerprint density at radius 2 is 1.94 bits per heavy atom. The maximum atomic E-state index is 6.27. The fourth-order valence-corrected chi connectivity index (χ4v) is 2.83. The van der Waals surface area contributed by atoms with Gasteiger partial charge >= 0.3 is 0 Å². The molecule has 2 unspecified atom stereocenters. The third-order valence-electron chi connectivity index (χ3n) is 3.96. The molecule has 1 aliphatic rings. The smallest absolute Gasteiger partial charge is 0.123 e. The van der Waals surface area contributed by atoms with Crippen molar-refractivity contribution < 1.29 is 4.74 Å². The Labute approximate surface area is 111 Å². The number of nitrogens with two attached hydrogens (primary N) is 1. The lowest BCUT2D eigenvalue weighted by Crippen LogP contribution is -2.35. The number of hydrogen-bond donors (Lipinski definition) is 1. The predicted molar refractivity (Wildman–Crippen MR) is 76.0 cm³/mol. The van der Waals surface area contributed by atoms with Crippen LogP contribution in [0.15, 0.2) is 24.3 Å². The summed E-state index contributed by atoms with van der Waals surface area (Å²) >= 11 is 0. The third-order valence-corrected chi connectivity index (χ3v) is 3.96. The highest BCUT2D eigenvalue weighted by molar-refractivity contribution is 5.35. The lowest BCUT2D eigenvalue weighted by atomic mass is 9.86. The van der Waals surface area contributed by atoms with Crippen molar-refractivity contribution in [3.05, 3.63) is 29.8 Å². The Morgan fingerprint density at radius 3 is 2.67 bits per heavy atom. The maximum absolute atomic E-state index is 6.27. The van der Waals surface area contributed by atoms with Gasteiger partial charge in [0.25, 0.3) is 0 Å². The molecule has 0 aliphatic heterocycles. The summed E-state index contributed by atoms with van der Waals surface area (Å²) in [5.74, 6) is 2.08. The number of hydrogen-bond acceptors (Lipinski definition) is 2. The average molecular weight is 247 g/mol. The second-order valence-corrected chi connectivity index (χ2v) is 5.63. The van der Waals surface area contributed by atoms with Crippen LogP contribution >= 0.6 is 0 Å². The molecule has 1 aromatic rings. The molecule has 1 aromatic carbocycles. The largest absolute Gasteiger partial charge is 0.490 e. The average Bonchev–Trinajstić information content (AvgIpc) is 2.40. The first-order chi connectivity index (χ1) is 8.72. The zero-order chi connectivity index (χ0) is 13.0. The summed E-state index contributed by atoms with van der Waals surface area (Å²) in [5.41, 5.74) is 7.17. The summed E-state index contributed by atoms with van der Waals surface area (Å²) in [7, 11) is 0. The van der Waals surface area contributed by atoms with Crippen LogP contribution in [0.2, 0.25) is 0 Å². The molecule has 0 aromatic heterocycles. The highest BCUT2D eigenvalue weighted by Gasteiger charge is 2.26. The van der Waals surface area contributed by atoms with Gasteiger partial charge in [-0.05, 0) is 43.4 Å². The molecule has 0 bridgehead atoms. The molecular formula is C16H25NO. The van der Waals surface area contributed by atoms with E-state index < -0.39 is 0 Å². The molecule has 18 heavy (non-hydrogen) atoms. The SMILES string of the molecule is CC(C)c1ccccc1OC1CCCCC1CN. The van der Waals surface area contributed by atoms with Crippen LogP contribution in [-0.4, -0.2) is 12.6 Å². The van der Waals surface area contributed by atoms with Crippen LogP contribution in [0.4, 0.5) is 0 Å². The summed E-state index contributed by atoms with van der Waals surface area (Å²) < 4.78 is 6.27. The van der Waals surface area contributed by atoms with Crippen molar-refractivity contribution in [1.29, 1.82) is 0 Å². The van der Waals surface area contributed by atoms with E-state index in [1.54, 1.807) is 0 Å². The fraction of sp³-hybridized carbons (Fsp3) is 0.625. The van der Waals surface area contributed by atoms with Crippen LogP contribution in [0.3, 0.4) is 0 Å². The molecule has 0 spiro atoms. The van der Waals surface area contributed by atoms with E-state index in [2.05, 4.69) is 38.1 Å².